The van der Waals surface area contributed by atoms with Crippen LogP contribution >= 0.6 is 0 Å². The summed E-state index contributed by atoms with van der Waals surface area (Å²) in [6.45, 7) is 10.0. The Morgan fingerprint density at radius 1 is 1.22 bits per heavy atom. The minimum Gasteiger partial charge on any atom is -0.493 e. The molecule has 188 valence electrons. The van der Waals surface area contributed by atoms with Gasteiger partial charge in [0.15, 0.2) is 0 Å². The van der Waals surface area contributed by atoms with E-state index in [4.69, 9.17) is 19.2 Å². The van der Waals surface area contributed by atoms with Gasteiger partial charge >= 0.3 is 5.97 Å². The second kappa shape index (κ2) is 9.45. The quantitative estimate of drug-likeness (QED) is 0.314. The third-order valence-electron chi connectivity index (χ3n) is 6.45. The van der Waals surface area contributed by atoms with Gasteiger partial charge in [-0.2, -0.15) is 5.26 Å². The molecular weight excluding hydrogens is 466 g/mol. The molecule has 7 heteroatoms. The standard InChI is InChI=1S/C30H29N3O4/c1-17-14-23-21(7-6-20(15-31)33-23)28(26(17)25(16-36-18(2)34)37-30(3,4)5)22-8-9-24-27-19(11-13-35-24)10-12-32-29(22)27/h6-10,12,14,25H,11,13,16H2,1-5H3/t25-/m1/s1. The Morgan fingerprint density at radius 3 is 2.76 bits per heavy atom. The first-order valence-electron chi connectivity index (χ1n) is 12.4. The number of aryl methyl sites for hydroxylation is 1. The van der Waals surface area contributed by atoms with Crippen molar-refractivity contribution in [3.8, 4) is 22.9 Å². The summed E-state index contributed by atoms with van der Waals surface area (Å²) in [7, 11) is 0. The van der Waals surface area contributed by atoms with Crippen LogP contribution in [0.5, 0.6) is 5.75 Å². The molecule has 0 saturated heterocycles. The van der Waals surface area contributed by atoms with Crippen LogP contribution in [0.4, 0.5) is 0 Å². The number of aromatic nitrogens is 2. The minimum atomic E-state index is -0.541. The van der Waals surface area contributed by atoms with E-state index in [9.17, 15) is 10.1 Å². The molecule has 3 heterocycles. The first-order chi connectivity index (χ1) is 17.7. The molecule has 7 nitrogen and oxygen atoms in total. The number of esters is 1. The van der Waals surface area contributed by atoms with Crippen molar-refractivity contribution in [2.75, 3.05) is 13.2 Å². The molecule has 0 amide bonds. The number of hydrogen-bond acceptors (Lipinski definition) is 7. The molecule has 1 atom stereocenters. The van der Waals surface area contributed by atoms with Crippen LogP contribution in [-0.2, 0) is 20.7 Å². The smallest absolute Gasteiger partial charge is 0.302 e. The Morgan fingerprint density at radius 2 is 2.03 bits per heavy atom. The average molecular weight is 496 g/mol. The van der Waals surface area contributed by atoms with Gasteiger partial charge < -0.3 is 14.2 Å². The lowest BCUT2D eigenvalue weighted by atomic mass is 9.86. The predicted molar refractivity (Wildman–Crippen MR) is 141 cm³/mol. The normalized spacial score (nSPS) is 13.7. The Bertz CT molecular complexity index is 1570. The Hall–Kier alpha value is -4.02. The van der Waals surface area contributed by atoms with Crippen molar-refractivity contribution in [2.24, 2.45) is 0 Å². The van der Waals surface area contributed by atoms with Gasteiger partial charge in [-0.25, -0.2) is 4.98 Å². The summed E-state index contributed by atoms with van der Waals surface area (Å²) in [6, 6.07) is 13.8. The highest BCUT2D eigenvalue weighted by atomic mass is 16.6. The van der Waals surface area contributed by atoms with Crippen LogP contribution in [-0.4, -0.2) is 34.8 Å². The van der Waals surface area contributed by atoms with E-state index in [0.717, 1.165) is 50.7 Å². The van der Waals surface area contributed by atoms with Crippen molar-refractivity contribution >= 4 is 27.8 Å². The van der Waals surface area contributed by atoms with Crippen LogP contribution in [0.2, 0.25) is 0 Å². The maximum atomic E-state index is 11.8. The summed E-state index contributed by atoms with van der Waals surface area (Å²) < 4.78 is 18.0. The number of hydrogen-bond donors (Lipinski definition) is 0. The fourth-order valence-electron chi connectivity index (χ4n) is 5.09. The SMILES string of the molecule is CC(=O)OC[C@@H](OC(C)(C)C)c1c(C)cc2nc(C#N)ccc2c1-c1ccc2c3c(ccnc13)CCO2. The summed E-state index contributed by atoms with van der Waals surface area (Å²) in [6.07, 6.45) is 2.11. The topological polar surface area (TPSA) is 94.3 Å². The molecule has 2 aromatic carbocycles. The van der Waals surface area contributed by atoms with Gasteiger partial charge in [-0.05, 0) is 86.3 Å². The molecule has 0 spiro atoms. The minimum absolute atomic E-state index is 0.0630. The first-order valence-corrected chi connectivity index (χ1v) is 12.4. The number of nitriles is 1. The number of pyridine rings is 2. The van der Waals surface area contributed by atoms with Gasteiger partial charge in [-0.15, -0.1) is 0 Å². The number of carbonyl (C=O) groups excluding carboxylic acids is 1. The number of nitrogens with zero attached hydrogens (tertiary/aromatic N) is 3. The molecule has 37 heavy (non-hydrogen) atoms. The highest BCUT2D eigenvalue weighted by molar-refractivity contribution is 6.07. The number of benzene rings is 2. The molecule has 0 N–H and O–H groups in total. The number of carbonyl (C=O) groups is 1. The van der Waals surface area contributed by atoms with Gasteiger partial charge in [0.25, 0.3) is 0 Å². The maximum Gasteiger partial charge on any atom is 0.302 e. The third-order valence-corrected chi connectivity index (χ3v) is 6.45. The van der Waals surface area contributed by atoms with E-state index in [-0.39, 0.29) is 12.6 Å². The lowest BCUT2D eigenvalue weighted by Crippen LogP contribution is -2.27. The predicted octanol–water partition coefficient (Wildman–Crippen LogP) is 5.98. The average Bonchev–Trinajstić information content (AvgIpc) is 2.85. The molecule has 1 aliphatic rings. The zero-order valence-electron chi connectivity index (χ0n) is 21.7. The van der Waals surface area contributed by atoms with Crippen molar-refractivity contribution in [3.63, 3.8) is 0 Å². The molecule has 0 aliphatic carbocycles. The lowest BCUT2D eigenvalue weighted by Gasteiger charge is -2.31. The Labute approximate surface area is 216 Å². The molecular formula is C30H29N3O4. The summed E-state index contributed by atoms with van der Waals surface area (Å²) in [5.41, 5.74) is 6.19. The van der Waals surface area contributed by atoms with Crippen molar-refractivity contribution in [3.05, 3.63) is 65.0 Å². The Kier molecular flexibility index (Phi) is 6.30. The molecule has 5 rings (SSSR count). The van der Waals surface area contributed by atoms with Crippen LogP contribution in [0.15, 0.2) is 42.6 Å². The number of rotatable bonds is 5. The zero-order chi connectivity index (χ0) is 26.3. The third kappa shape index (κ3) is 4.73. The number of fused-ring (bicyclic) bond motifs is 1. The monoisotopic (exact) mass is 495 g/mol. The van der Waals surface area contributed by atoms with Crippen LogP contribution in [0.3, 0.4) is 0 Å². The largest absolute Gasteiger partial charge is 0.493 e. The van der Waals surface area contributed by atoms with E-state index < -0.39 is 11.7 Å². The summed E-state index contributed by atoms with van der Waals surface area (Å²) in [4.78, 5) is 21.2. The van der Waals surface area contributed by atoms with E-state index in [1.54, 1.807) is 6.07 Å². The van der Waals surface area contributed by atoms with E-state index >= 15 is 0 Å². The van der Waals surface area contributed by atoms with Gasteiger partial charge in [0.1, 0.15) is 30.2 Å². The van der Waals surface area contributed by atoms with Gasteiger partial charge in [0, 0.05) is 35.9 Å². The highest BCUT2D eigenvalue weighted by Gasteiger charge is 2.29. The van der Waals surface area contributed by atoms with Crippen molar-refractivity contribution in [1.82, 2.24) is 9.97 Å². The molecule has 0 unspecified atom stereocenters. The van der Waals surface area contributed by atoms with Crippen LogP contribution in [0.25, 0.3) is 32.9 Å². The fraction of sp³-hybridized carbons (Fsp3) is 0.333. The van der Waals surface area contributed by atoms with Crippen molar-refractivity contribution in [1.29, 1.82) is 5.26 Å². The van der Waals surface area contributed by atoms with Crippen LogP contribution in [0, 0.1) is 18.3 Å². The summed E-state index contributed by atoms with van der Waals surface area (Å²) >= 11 is 0. The lowest BCUT2D eigenvalue weighted by molar-refractivity contribution is -0.150. The van der Waals surface area contributed by atoms with E-state index in [1.165, 1.54) is 12.5 Å². The summed E-state index contributed by atoms with van der Waals surface area (Å²) in [5, 5.41) is 11.3. The van der Waals surface area contributed by atoms with Crippen molar-refractivity contribution < 1.29 is 19.0 Å². The van der Waals surface area contributed by atoms with Crippen LogP contribution in [0.1, 0.15) is 56.2 Å². The van der Waals surface area contributed by atoms with E-state index in [0.29, 0.717) is 17.8 Å². The molecule has 1 aliphatic heterocycles. The first kappa shape index (κ1) is 24.7. The van der Waals surface area contributed by atoms with E-state index in [2.05, 4.69) is 11.1 Å². The molecule has 0 saturated carbocycles. The molecule has 4 aromatic rings. The van der Waals surface area contributed by atoms with Gasteiger partial charge in [-0.3, -0.25) is 9.78 Å². The Balaban J connectivity index is 1.87. The second-order valence-corrected chi connectivity index (χ2v) is 10.3. The molecule has 0 fully saturated rings. The molecule has 0 radical (unpaired) electrons. The molecule has 0 bridgehead atoms. The molecule has 2 aromatic heterocycles. The zero-order valence-corrected chi connectivity index (χ0v) is 21.7. The van der Waals surface area contributed by atoms with E-state index in [1.807, 2.05) is 64.2 Å². The van der Waals surface area contributed by atoms with Crippen LogP contribution < -0.4 is 4.74 Å². The number of ether oxygens (including phenoxy) is 3. The van der Waals surface area contributed by atoms with Gasteiger partial charge in [0.05, 0.1) is 23.2 Å². The van der Waals surface area contributed by atoms with Crippen molar-refractivity contribution in [2.45, 2.75) is 52.7 Å². The second-order valence-electron chi connectivity index (χ2n) is 10.3. The van der Waals surface area contributed by atoms with Gasteiger partial charge in [-0.1, -0.05) is 0 Å². The van der Waals surface area contributed by atoms with Gasteiger partial charge in [0.2, 0.25) is 0 Å². The summed E-state index contributed by atoms with van der Waals surface area (Å²) in [5.74, 6) is 0.446. The maximum absolute atomic E-state index is 11.8. The fourth-order valence-corrected chi connectivity index (χ4v) is 5.09. The highest BCUT2D eigenvalue weighted by Crippen LogP contribution is 2.44.